The van der Waals surface area contributed by atoms with E-state index >= 15 is 0 Å². The third-order valence-electron chi connectivity index (χ3n) is 5.63. The van der Waals surface area contributed by atoms with Gasteiger partial charge in [-0.1, -0.05) is 47.7 Å². The molecule has 5 rings (SSSR count). The maximum Gasteiger partial charge on any atom is 0.271 e. The van der Waals surface area contributed by atoms with Crippen LogP contribution >= 0.6 is 0 Å². The van der Waals surface area contributed by atoms with Crippen molar-refractivity contribution in [2.75, 3.05) is 0 Å². The first-order valence-corrected chi connectivity index (χ1v) is 11.0. The van der Waals surface area contributed by atoms with Gasteiger partial charge in [-0.15, -0.1) is 5.10 Å². The highest BCUT2D eigenvalue weighted by Crippen LogP contribution is 2.17. The smallest absolute Gasteiger partial charge is 0.267 e. The van der Waals surface area contributed by atoms with Gasteiger partial charge in [0.1, 0.15) is 5.52 Å². The molecule has 0 saturated heterocycles. The summed E-state index contributed by atoms with van der Waals surface area (Å²) >= 11 is 0. The molecule has 0 saturated carbocycles. The highest BCUT2D eigenvalue weighted by molar-refractivity contribution is 6.01. The fourth-order valence-corrected chi connectivity index (χ4v) is 3.74. The quantitative estimate of drug-likeness (QED) is 0.281. The van der Waals surface area contributed by atoms with E-state index in [0.29, 0.717) is 41.1 Å². The number of hydrogen-bond acceptors (Lipinski definition) is 6. The van der Waals surface area contributed by atoms with Crippen LogP contribution in [0.2, 0.25) is 0 Å². The number of hydrogen-bond donors (Lipinski definition) is 1. The first kappa shape index (κ1) is 21.4. The van der Waals surface area contributed by atoms with Crippen molar-refractivity contribution >= 4 is 33.7 Å². The van der Waals surface area contributed by atoms with Crippen LogP contribution in [-0.4, -0.2) is 36.6 Å². The van der Waals surface area contributed by atoms with E-state index in [2.05, 4.69) is 38.5 Å². The average Bonchev–Trinajstić information content (AvgIpc) is 3.12. The van der Waals surface area contributed by atoms with Crippen LogP contribution in [0.5, 0.6) is 0 Å². The van der Waals surface area contributed by atoms with Gasteiger partial charge in [-0.05, 0) is 55.7 Å². The van der Waals surface area contributed by atoms with Gasteiger partial charge >= 0.3 is 0 Å². The molecule has 0 radical (unpaired) electrons. The van der Waals surface area contributed by atoms with Crippen molar-refractivity contribution in [3.05, 3.63) is 95.9 Å². The zero-order chi connectivity index (χ0) is 23.5. The fraction of sp³-hybridized carbons (Fsp3) is 0.154. The topological polar surface area (TPSA) is 98.0 Å². The number of allylic oxidation sites excluding steroid dienone is 3. The van der Waals surface area contributed by atoms with Gasteiger partial charge in [0.25, 0.3) is 5.91 Å². The van der Waals surface area contributed by atoms with E-state index in [1.807, 2.05) is 48.6 Å². The van der Waals surface area contributed by atoms with Crippen LogP contribution in [0.25, 0.3) is 22.1 Å². The minimum Gasteiger partial charge on any atom is -0.267 e. The van der Waals surface area contributed by atoms with Gasteiger partial charge in [0.15, 0.2) is 5.65 Å². The van der Waals surface area contributed by atoms with Crippen molar-refractivity contribution in [3.63, 3.8) is 0 Å². The third kappa shape index (κ3) is 4.52. The second kappa shape index (κ2) is 9.19. The van der Waals surface area contributed by atoms with Crippen LogP contribution < -0.4 is 5.43 Å². The summed E-state index contributed by atoms with van der Waals surface area (Å²) in [6, 6.07) is 13.8. The number of nitrogens with one attached hydrogen (secondary N) is 1. The summed E-state index contributed by atoms with van der Waals surface area (Å²) in [5, 5.41) is 13.8. The van der Waals surface area contributed by atoms with Crippen LogP contribution in [0.15, 0.2) is 89.7 Å². The second-order valence-electron chi connectivity index (χ2n) is 8.17. The van der Waals surface area contributed by atoms with Crippen LogP contribution in [0.1, 0.15) is 31.0 Å². The summed E-state index contributed by atoms with van der Waals surface area (Å²) in [6.45, 7) is 6.30. The molecule has 4 aromatic rings. The Kier molecular flexibility index (Phi) is 5.78. The number of amides is 1. The van der Waals surface area contributed by atoms with Gasteiger partial charge in [0.2, 0.25) is 0 Å². The molecule has 34 heavy (non-hydrogen) atoms. The number of carbonyl (C=O) groups is 1. The van der Waals surface area contributed by atoms with Crippen LogP contribution in [0, 0.1) is 0 Å². The van der Waals surface area contributed by atoms with Gasteiger partial charge in [-0.25, -0.2) is 15.1 Å². The molecule has 3 heterocycles. The Morgan fingerprint density at radius 1 is 1.18 bits per heavy atom. The van der Waals surface area contributed by atoms with Crippen molar-refractivity contribution in [1.29, 1.82) is 0 Å². The molecule has 168 valence electrons. The molecular formula is C26H23N7O. The molecular weight excluding hydrogens is 426 g/mol. The van der Waals surface area contributed by atoms with Gasteiger partial charge in [0.05, 0.1) is 23.5 Å². The van der Waals surface area contributed by atoms with Crippen molar-refractivity contribution in [3.8, 4) is 0 Å². The maximum absolute atomic E-state index is 12.5. The second-order valence-corrected chi connectivity index (χ2v) is 8.17. The van der Waals surface area contributed by atoms with Crippen molar-refractivity contribution < 1.29 is 4.79 Å². The highest BCUT2D eigenvalue weighted by Gasteiger charge is 2.12. The number of pyridine rings is 2. The van der Waals surface area contributed by atoms with Gasteiger partial charge in [0, 0.05) is 17.2 Å². The summed E-state index contributed by atoms with van der Waals surface area (Å²) in [5.74, 6) is -0.260. The Morgan fingerprint density at radius 2 is 2.06 bits per heavy atom. The van der Waals surface area contributed by atoms with E-state index < -0.39 is 0 Å². The van der Waals surface area contributed by atoms with Crippen molar-refractivity contribution in [2.45, 2.75) is 26.3 Å². The standard InChI is InChI=1S/C26H23N7O/c1-17-5-3-6-20(10-8-17)26(34)31-29-18(2)22-12-13-24-25(28-22)33(32-30-24)16-19-9-11-23-21(15-19)7-4-14-27-23/h3-4,6-7,9-15H,1,5,8,16H2,2H3,(H,31,34)/b29-18-. The highest BCUT2D eigenvalue weighted by atomic mass is 16.2. The van der Waals surface area contributed by atoms with Gasteiger partial charge in [-0.3, -0.25) is 9.78 Å². The molecule has 3 aromatic heterocycles. The summed E-state index contributed by atoms with van der Waals surface area (Å²) in [4.78, 5) is 21.6. The molecule has 0 spiro atoms. The van der Waals surface area contributed by atoms with E-state index in [9.17, 15) is 4.79 Å². The lowest BCUT2D eigenvalue weighted by Crippen LogP contribution is -2.20. The van der Waals surface area contributed by atoms with E-state index in [4.69, 9.17) is 4.98 Å². The largest absolute Gasteiger partial charge is 0.271 e. The molecule has 0 atom stereocenters. The number of hydrazone groups is 1. The van der Waals surface area contributed by atoms with E-state index in [1.54, 1.807) is 23.9 Å². The summed E-state index contributed by atoms with van der Waals surface area (Å²) in [5.41, 5.74) is 8.86. The molecule has 1 aromatic carbocycles. The molecule has 8 heteroatoms. The molecule has 1 aliphatic rings. The Labute approximate surface area is 196 Å². The summed E-state index contributed by atoms with van der Waals surface area (Å²) in [7, 11) is 0. The maximum atomic E-state index is 12.5. The number of fused-ring (bicyclic) bond motifs is 2. The Bertz CT molecular complexity index is 1510. The number of nitrogens with zero attached hydrogens (tertiary/aromatic N) is 6. The molecule has 0 bridgehead atoms. The van der Waals surface area contributed by atoms with Crippen LogP contribution in [0.3, 0.4) is 0 Å². The van der Waals surface area contributed by atoms with E-state index in [1.165, 1.54) is 0 Å². The minimum atomic E-state index is -0.260. The van der Waals surface area contributed by atoms with Crippen molar-refractivity contribution in [1.82, 2.24) is 30.4 Å². The zero-order valence-corrected chi connectivity index (χ0v) is 18.8. The van der Waals surface area contributed by atoms with Gasteiger partial charge < -0.3 is 0 Å². The van der Waals surface area contributed by atoms with E-state index in [-0.39, 0.29) is 5.91 Å². The predicted octanol–water partition coefficient (Wildman–Crippen LogP) is 4.10. The molecule has 1 aliphatic carbocycles. The molecule has 8 nitrogen and oxygen atoms in total. The van der Waals surface area contributed by atoms with E-state index in [0.717, 1.165) is 28.5 Å². The predicted molar refractivity (Wildman–Crippen MR) is 132 cm³/mol. The normalized spacial score (nSPS) is 14.3. The number of benzene rings is 1. The lowest BCUT2D eigenvalue weighted by molar-refractivity contribution is -0.117. The average molecular weight is 450 g/mol. The molecule has 0 aliphatic heterocycles. The molecule has 1 N–H and O–H groups in total. The number of rotatable bonds is 5. The third-order valence-corrected chi connectivity index (χ3v) is 5.63. The monoisotopic (exact) mass is 449 g/mol. The zero-order valence-electron chi connectivity index (χ0n) is 18.8. The SMILES string of the molecule is C=C1CC=CC(C(=O)N/N=C(/C)c2ccc3nnn(Cc4ccc5ncccc5c4)c3n2)=CC1. The first-order valence-electron chi connectivity index (χ1n) is 11.0. The molecule has 1 amide bonds. The van der Waals surface area contributed by atoms with Crippen molar-refractivity contribution in [2.24, 2.45) is 5.10 Å². The first-order chi connectivity index (χ1) is 16.6. The number of carbonyl (C=O) groups excluding carboxylic acids is 1. The lowest BCUT2D eigenvalue weighted by Gasteiger charge is -2.06. The van der Waals surface area contributed by atoms with Crippen LogP contribution in [-0.2, 0) is 11.3 Å². The number of aromatic nitrogens is 5. The summed E-state index contributed by atoms with van der Waals surface area (Å²) < 4.78 is 1.76. The molecule has 0 unspecified atom stereocenters. The summed E-state index contributed by atoms with van der Waals surface area (Å²) in [6.07, 6.45) is 8.84. The van der Waals surface area contributed by atoms with Crippen LogP contribution in [0.4, 0.5) is 0 Å². The lowest BCUT2D eigenvalue weighted by atomic mass is 10.1. The fourth-order valence-electron chi connectivity index (χ4n) is 3.74. The minimum absolute atomic E-state index is 0.260. The Morgan fingerprint density at radius 3 is 2.97 bits per heavy atom. The van der Waals surface area contributed by atoms with Gasteiger partial charge in [-0.2, -0.15) is 5.10 Å². The molecule has 0 fully saturated rings. The Hall–Kier alpha value is -4.46. The Balaban J connectivity index is 1.36.